The molecular weight excluding hydrogens is 531 g/mol. The molecule has 210 valence electrons. The number of hydrogen-bond acceptors (Lipinski definition) is 8. The SMILES string of the molecule is CN[C@]1(C)CCCN(c2nc(OCC34CCCN3CCC4)nc3c(F)c(-c4cc(Cl)cc5[nH]ncc45)ncc23)C1. The minimum Gasteiger partial charge on any atom is -0.461 e. The summed E-state index contributed by atoms with van der Waals surface area (Å²) in [5, 5.41) is 12.3. The van der Waals surface area contributed by atoms with E-state index in [0.717, 1.165) is 57.2 Å². The molecule has 9 nitrogen and oxygen atoms in total. The minimum absolute atomic E-state index is 0.0317. The maximum atomic E-state index is 16.5. The summed E-state index contributed by atoms with van der Waals surface area (Å²) in [6.07, 6.45) is 9.95. The van der Waals surface area contributed by atoms with E-state index in [1.807, 2.05) is 7.05 Å². The first-order valence-electron chi connectivity index (χ1n) is 14.2. The number of benzene rings is 1. The van der Waals surface area contributed by atoms with Crippen molar-refractivity contribution in [3.8, 4) is 17.3 Å². The zero-order valence-corrected chi connectivity index (χ0v) is 23.7. The molecule has 3 aromatic heterocycles. The van der Waals surface area contributed by atoms with Crippen molar-refractivity contribution < 1.29 is 9.13 Å². The molecule has 3 aliphatic rings. The number of aromatic amines is 1. The minimum atomic E-state index is -0.523. The number of ether oxygens (including phenoxy) is 1. The molecule has 0 aliphatic carbocycles. The molecule has 3 fully saturated rings. The van der Waals surface area contributed by atoms with Gasteiger partial charge in [0.05, 0.1) is 22.6 Å². The summed E-state index contributed by atoms with van der Waals surface area (Å²) in [5.74, 6) is 0.136. The van der Waals surface area contributed by atoms with Crippen molar-refractivity contribution in [3.05, 3.63) is 35.4 Å². The number of piperidine rings is 1. The molecule has 6 heterocycles. The highest BCUT2D eigenvalue weighted by molar-refractivity contribution is 6.31. The predicted octanol–water partition coefficient (Wildman–Crippen LogP) is 4.95. The van der Waals surface area contributed by atoms with Gasteiger partial charge in [0.15, 0.2) is 5.82 Å². The summed E-state index contributed by atoms with van der Waals surface area (Å²) >= 11 is 6.38. The molecule has 0 amide bonds. The van der Waals surface area contributed by atoms with Crippen LogP contribution in [0.1, 0.15) is 45.4 Å². The van der Waals surface area contributed by atoms with Crippen LogP contribution in [0, 0.1) is 5.82 Å². The highest BCUT2D eigenvalue weighted by Crippen LogP contribution is 2.40. The largest absolute Gasteiger partial charge is 0.461 e. The fraction of sp³-hybridized carbons (Fsp3) is 0.517. The molecule has 2 N–H and O–H groups in total. The van der Waals surface area contributed by atoms with E-state index in [2.05, 4.69) is 42.2 Å². The molecule has 1 aromatic carbocycles. The van der Waals surface area contributed by atoms with Crippen molar-refractivity contribution in [3.63, 3.8) is 0 Å². The monoisotopic (exact) mass is 564 g/mol. The molecule has 0 bridgehead atoms. The number of H-pyrrole nitrogens is 1. The molecule has 11 heteroatoms. The maximum Gasteiger partial charge on any atom is 0.319 e. The molecule has 1 atom stereocenters. The van der Waals surface area contributed by atoms with Gasteiger partial charge in [0, 0.05) is 40.8 Å². The summed E-state index contributed by atoms with van der Waals surface area (Å²) in [6, 6.07) is 3.69. The summed E-state index contributed by atoms with van der Waals surface area (Å²) in [5.41, 5.74) is 1.60. The maximum absolute atomic E-state index is 16.5. The first-order valence-corrected chi connectivity index (χ1v) is 14.6. The number of anilines is 1. The molecule has 0 spiro atoms. The third-order valence-electron chi connectivity index (χ3n) is 9.30. The molecule has 0 saturated carbocycles. The Morgan fingerprint density at radius 3 is 2.67 bits per heavy atom. The third kappa shape index (κ3) is 4.28. The van der Waals surface area contributed by atoms with Crippen LogP contribution >= 0.6 is 11.6 Å². The molecule has 3 saturated heterocycles. The van der Waals surface area contributed by atoms with Crippen LogP contribution in [0.5, 0.6) is 6.01 Å². The molecular formula is C29H34ClFN8O. The van der Waals surface area contributed by atoms with Crippen LogP contribution < -0.4 is 15.0 Å². The molecule has 3 aliphatic heterocycles. The van der Waals surface area contributed by atoms with Gasteiger partial charge in [-0.1, -0.05) is 11.6 Å². The van der Waals surface area contributed by atoms with Crippen LogP contribution in [-0.2, 0) is 0 Å². The van der Waals surface area contributed by atoms with E-state index < -0.39 is 5.82 Å². The highest BCUT2D eigenvalue weighted by Gasteiger charge is 2.45. The standard InChI is InChI=1S/C29H34ClFN8O/c1-28(32-2)6-3-9-38(16-28)26-21-14-33-24(19-12-18(30)13-22-20(19)15-34-37-22)23(31)25(21)35-27(36-26)40-17-29-7-4-10-39(29)11-5-8-29/h12-15,32H,3-11,16-17H2,1-2H3,(H,34,37)/t28-/m1/s1. The lowest BCUT2D eigenvalue weighted by Gasteiger charge is -2.41. The van der Waals surface area contributed by atoms with Crippen molar-refractivity contribution in [1.82, 2.24) is 35.4 Å². The Morgan fingerprint density at radius 1 is 1.07 bits per heavy atom. The van der Waals surface area contributed by atoms with Gasteiger partial charge >= 0.3 is 6.01 Å². The zero-order chi connectivity index (χ0) is 27.5. The van der Waals surface area contributed by atoms with Crippen LogP contribution in [-0.4, -0.2) is 81.0 Å². The number of likely N-dealkylation sites (N-methyl/N-ethyl adjacent to an activating group) is 1. The first kappa shape index (κ1) is 25.9. The lowest BCUT2D eigenvalue weighted by molar-refractivity contribution is 0.108. The molecule has 0 unspecified atom stereocenters. The number of nitrogens with zero attached hydrogens (tertiary/aromatic N) is 6. The second-order valence-corrected chi connectivity index (χ2v) is 12.3. The van der Waals surface area contributed by atoms with Crippen molar-refractivity contribution in [2.24, 2.45) is 0 Å². The Labute approximate surface area is 237 Å². The van der Waals surface area contributed by atoms with Gasteiger partial charge in [-0.2, -0.15) is 15.1 Å². The second kappa shape index (κ2) is 9.78. The average Bonchev–Trinajstić information content (AvgIpc) is 3.68. The van der Waals surface area contributed by atoms with Gasteiger partial charge in [-0.15, -0.1) is 0 Å². The number of rotatable bonds is 6. The Bertz CT molecular complexity index is 1580. The molecule has 0 radical (unpaired) electrons. The lowest BCUT2D eigenvalue weighted by atomic mass is 9.91. The van der Waals surface area contributed by atoms with E-state index >= 15 is 4.39 Å². The summed E-state index contributed by atoms with van der Waals surface area (Å²) in [4.78, 5) is 18.9. The number of fused-ring (bicyclic) bond motifs is 3. The van der Waals surface area contributed by atoms with Crippen LogP contribution in [0.2, 0.25) is 5.02 Å². The van der Waals surface area contributed by atoms with Gasteiger partial charge < -0.3 is 15.0 Å². The second-order valence-electron chi connectivity index (χ2n) is 11.8. The number of aromatic nitrogens is 5. The number of nitrogens with one attached hydrogen (secondary N) is 2. The van der Waals surface area contributed by atoms with Crippen LogP contribution in [0.25, 0.3) is 33.1 Å². The van der Waals surface area contributed by atoms with Gasteiger partial charge in [0.2, 0.25) is 0 Å². The predicted molar refractivity (Wildman–Crippen MR) is 155 cm³/mol. The first-order chi connectivity index (χ1) is 19.4. The molecule has 7 rings (SSSR count). The van der Waals surface area contributed by atoms with E-state index in [9.17, 15) is 0 Å². The number of pyridine rings is 1. The van der Waals surface area contributed by atoms with E-state index in [4.69, 9.17) is 21.3 Å². The van der Waals surface area contributed by atoms with Gasteiger partial charge in [-0.25, -0.2) is 4.39 Å². The summed E-state index contributed by atoms with van der Waals surface area (Å²) in [7, 11) is 1.99. The lowest BCUT2D eigenvalue weighted by Crippen LogP contribution is -2.54. The van der Waals surface area contributed by atoms with Crippen LogP contribution in [0.15, 0.2) is 24.5 Å². The summed E-state index contributed by atoms with van der Waals surface area (Å²) < 4.78 is 22.9. The van der Waals surface area contributed by atoms with Gasteiger partial charge in [-0.3, -0.25) is 15.0 Å². The van der Waals surface area contributed by atoms with E-state index in [1.54, 1.807) is 24.5 Å². The Balaban J connectivity index is 1.35. The van der Waals surface area contributed by atoms with Crippen molar-refractivity contribution >= 4 is 39.2 Å². The Morgan fingerprint density at radius 2 is 1.88 bits per heavy atom. The highest BCUT2D eigenvalue weighted by atomic mass is 35.5. The van der Waals surface area contributed by atoms with Gasteiger partial charge in [-0.05, 0) is 77.7 Å². The number of halogens is 2. The Kier molecular flexibility index (Phi) is 6.32. The zero-order valence-electron chi connectivity index (χ0n) is 22.9. The number of hydrogen-bond donors (Lipinski definition) is 2. The fourth-order valence-electron chi connectivity index (χ4n) is 7.01. The van der Waals surface area contributed by atoms with Crippen LogP contribution in [0.4, 0.5) is 10.2 Å². The van der Waals surface area contributed by atoms with E-state index in [-0.39, 0.29) is 28.3 Å². The van der Waals surface area contributed by atoms with Crippen molar-refractivity contribution in [1.29, 1.82) is 0 Å². The Hall–Kier alpha value is -3.08. The van der Waals surface area contributed by atoms with Crippen molar-refractivity contribution in [2.45, 2.75) is 56.5 Å². The average molecular weight is 565 g/mol. The van der Waals surface area contributed by atoms with Crippen molar-refractivity contribution in [2.75, 3.05) is 44.7 Å². The van der Waals surface area contributed by atoms with Crippen LogP contribution in [0.3, 0.4) is 0 Å². The van der Waals surface area contributed by atoms with E-state index in [0.29, 0.717) is 33.9 Å². The fourth-order valence-corrected chi connectivity index (χ4v) is 7.23. The molecule has 4 aromatic rings. The topological polar surface area (TPSA) is 95.1 Å². The van der Waals surface area contributed by atoms with Gasteiger partial charge in [0.1, 0.15) is 23.6 Å². The summed E-state index contributed by atoms with van der Waals surface area (Å²) in [6.45, 7) is 6.48. The normalized spacial score (nSPS) is 22.9. The smallest absolute Gasteiger partial charge is 0.319 e. The van der Waals surface area contributed by atoms with Gasteiger partial charge in [0.25, 0.3) is 0 Å². The molecule has 40 heavy (non-hydrogen) atoms. The third-order valence-corrected chi connectivity index (χ3v) is 9.52. The van der Waals surface area contributed by atoms with E-state index in [1.165, 1.54) is 12.8 Å². The quantitative estimate of drug-likeness (QED) is 0.340.